The first-order valence-corrected chi connectivity index (χ1v) is 10.8. The second-order valence-electron chi connectivity index (χ2n) is 7.97. The lowest BCUT2D eigenvalue weighted by Gasteiger charge is -2.20. The molecule has 1 rings (SSSR count). The average Bonchev–Trinajstić information content (AvgIpc) is 2.95. The maximum atomic E-state index is 10.5. The summed E-state index contributed by atoms with van der Waals surface area (Å²) in [6.45, 7) is 2.21. The first kappa shape index (κ1) is 23.2. The molecule has 1 aliphatic carbocycles. The number of carbonyl (C=O) groups is 1. The summed E-state index contributed by atoms with van der Waals surface area (Å²) in [7, 11) is 0. The van der Waals surface area contributed by atoms with Gasteiger partial charge in [0.1, 0.15) is 0 Å². The number of allylic oxidation sites excluding steroid dienone is 1. The lowest BCUT2D eigenvalue weighted by atomic mass is 9.88. The van der Waals surface area contributed by atoms with E-state index in [1.54, 1.807) is 0 Å². The van der Waals surface area contributed by atoms with Gasteiger partial charge in [-0.1, -0.05) is 70.4 Å². The third-order valence-electron chi connectivity index (χ3n) is 5.70. The summed E-state index contributed by atoms with van der Waals surface area (Å²) in [4.78, 5) is 10.5. The van der Waals surface area contributed by atoms with Crippen molar-refractivity contribution < 1.29 is 20.1 Å². The van der Waals surface area contributed by atoms with Crippen molar-refractivity contribution in [3.63, 3.8) is 0 Å². The highest BCUT2D eigenvalue weighted by molar-refractivity contribution is 5.66. The topological polar surface area (TPSA) is 77.8 Å². The van der Waals surface area contributed by atoms with Gasteiger partial charge in [0, 0.05) is 6.42 Å². The van der Waals surface area contributed by atoms with Crippen molar-refractivity contribution in [2.24, 2.45) is 11.8 Å². The molecule has 0 aromatic carbocycles. The van der Waals surface area contributed by atoms with Gasteiger partial charge < -0.3 is 15.3 Å². The van der Waals surface area contributed by atoms with E-state index in [9.17, 15) is 15.0 Å². The van der Waals surface area contributed by atoms with Crippen LogP contribution in [-0.2, 0) is 4.79 Å². The molecule has 152 valence electrons. The molecule has 1 fully saturated rings. The minimum Gasteiger partial charge on any atom is -0.481 e. The number of hydrogen-bond donors (Lipinski definition) is 3. The maximum absolute atomic E-state index is 10.5. The molecule has 0 aromatic rings. The average molecular weight is 369 g/mol. The van der Waals surface area contributed by atoms with Gasteiger partial charge in [0.05, 0.1) is 12.2 Å². The Morgan fingerprint density at radius 1 is 1.04 bits per heavy atom. The number of aliphatic hydroxyl groups is 2. The number of carboxylic acids is 1. The predicted molar refractivity (Wildman–Crippen MR) is 106 cm³/mol. The highest BCUT2D eigenvalue weighted by Gasteiger charge is 2.32. The molecule has 4 nitrogen and oxygen atoms in total. The third-order valence-corrected chi connectivity index (χ3v) is 5.70. The lowest BCUT2D eigenvalue weighted by molar-refractivity contribution is -0.137. The Balaban J connectivity index is 2.23. The van der Waals surface area contributed by atoms with Crippen molar-refractivity contribution in [3.8, 4) is 0 Å². The number of hydrogen-bond acceptors (Lipinski definition) is 3. The Morgan fingerprint density at radius 3 is 2.46 bits per heavy atom. The van der Waals surface area contributed by atoms with Crippen LogP contribution >= 0.6 is 0 Å². The standard InChI is InChI=1S/C22H40O4/c1-2-3-4-5-8-11-19(23)16-14-18-15-17-21(24)20(18)12-9-6-7-10-13-22(25)26/h14,16,18-21,23-24H,2-13,15,17H2,1H3,(H,25,26). The van der Waals surface area contributed by atoms with Gasteiger partial charge in [-0.2, -0.15) is 0 Å². The summed E-state index contributed by atoms with van der Waals surface area (Å²) in [5.41, 5.74) is 0. The zero-order valence-corrected chi connectivity index (χ0v) is 16.6. The van der Waals surface area contributed by atoms with E-state index < -0.39 is 5.97 Å². The highest BCUT2D eigenvalue weighted by Crippen LogP contribution is 2.36. The van der Waals surface area contributed by atoms with E-state index in [0.717, 1.165) is 57.8 Å². The van der Waals surface area contributed by atoms with Crippen LogP contribution < -0.4 is 0 Å². The molecule has 0 amide bonds. The minimum absolute atomic E-state index is 0.227. The summed E-state index contributed by atoms with van der Waals surface area (Å²) in [5, 5.41) is 29.0. The van der Waals surface area contributed by atoms with Crippen molar-refractivity contribution in [2.45, 2.75) is 109 Å². The molecule has 3 N–H and O–H groups in total. The second kappa shape index (κ2) is 14.2. The van der Waals surface area contributed by atoms with Crippen LogP contribution in [0.1, 0.15) is 96.8 Å². The summed E-state index contributed by atoms with van der Waals surface area (Å²) in [5.74, 6) is -0.0495. The number of aliphatic hydroxyl groups excluding tert-OH is 2. The molecule has 1 aliphatic rings. The Labute approximate surface area is 159 Å². The van der Waals surface area contributed by atoms with Gasteiger partial charge in [-0.15, -0.1) is 0 Å². The summed E-state index contributed by atoms with van der Waals surface area (Å²) in [6, 6.07) is 0. The van der Waals surface area contributed by atoms with Crippen molar-refractivity contribution in [3.05, 3.63) is 12.2 Å². The zero-order chi connectivity index (χ0) is 19.2. The van der Waals surface area contributed by atoms with Crippen molar-refractivity contribution in [1.82, 2.24) is 0 Å². The van der Waals surface area contributed by atoms with E-state index in [-0.39, 0.29) is 18.6 Å². The van der Waals surface area contributed by atoms with Gasteiger partial charge in [0.25, 0.3) is 0 Å². The van der Waals surface area contributed by atoms with Crippen molar-refractivity contribution >= 4 is 5.97 Å². The summed E-state index contributed by atoms with van der Waals surface area (Å²) in [6.07, 6.45) is 17.3. The minimum atomic E-state index is -0.717. The van der Waals surface area contributed by atoms with E-state index in [1.807, 2.05) is 6.08 Å². The lowest BCUT2D eigenvalue weighted by Crippen LogP contribution is -2.18. The molecular formula is C22H40O4. The number of carboxylic acid groups (broad SMARTS) is 1. The smallest absolute Gasteiger partial charge is 0.303 e. The van der Waals surface area contributed by atoms with Crippen LogP contribution in [0.5, 0.6) is 0 Å². The van der Waals surface area contributed by atoms with Crippen LogP contribution in [0.2, 0.25) is 0 Å². The molecular weight excluding hydrogens is 328 g/mol. The van der Waals surface area contributed by atoms with Gasteiger partial charge in [0.15, 0.2) is 0 Å². The SMILES string of the molecule is CCCCCCCC(O)C=CC1CCC(O)C1CCCCCCC(=O)O. The predicted octanol–water partition coefficient (Wildman–Crippen LogP) is 5.08. The van der Waals surface area contributed by atoms with Crippen LogP contribution in [0.4, 0.5) is 0 Å². The number of unbranched alkanes of at least 4 members (excludes halogenated alkanes) is 7. The molecule has 0 aromatic heterocycles. The van der Waals surface area contributed by atoms with Crippen molar-refractivity contribution in [1.29, 1.82) is 0 Å². The first-order chi connectivity index (χ1) is 12.5. The van der Waals surface area contributed by atoms with E-state index in [4.69, 9.17) is 5.11 Å². The largest absolute Gasteiger partial charge is 0.481 e. The van der Waals surface area contributed by atoms with E-state index >= 15 is 0 Å². The Bertz CT molecular complexity index is 394. The van der Waals surface area contributed by atoms with Gasteiger partial charge in [0.2, 0.25) is 0 Å². The monoisotopic (exact) mass is 368 g/mol. The normalized spacial score (nSPS) is 24.3. The van der Waals surface area contributed by atoms with Gasteiger partial charge in [-0.05, 0) is 43.9 Å². The van der Waals surface area contributed by atoms with Gasteiger partial charge in [-0.3, -0.25) is 4.79 Å². The molecule has 0 radical (unpaired) electrons. The molecule has 4 heteroatoms. The molecule has 4 atom stereocenters. The van der Waals surface area contributed by atoms with Gasteiger partial charge in [-0.25, -0.2) is 0 Å². The molecule has 0 bridgehead atoms. The van der Waals surface area contributed by atoms with Crippen LogP contribution in [0.25, 0.3) is 0 Å². The highest BCUT2D eigenvalue weighted by atomic mass is 16.4. The van der Waals surface area contributed by atoms with Crippen LogP contribution in [0.3, 0.4) is 0 Å². The summed E-state index contributed by atoms with van der Waals surface area (Å²) < 4.78 is 0. The maximum Gasteiger partial charge on any atom is 0.303 e. The number of rotatable bonds is 15. The molecule has 0 aliphatic heterocycles. The number of aliphatic carboxylic acids is 1. The van der Waals surface area contributed by atoms with Gasteiger partial charge >= 0.3 is 5.97 Å². The fourth-order valence-corrected chi connectivity index (χ4v) is 4.06. The van der Waals surface area contributed by atoms with Crippen molar-refractivity contribution in [2.75, 3.05) is 0 Å². The van der Waals surface area contributed by atoms with E-state index in [1.165, 1.54) is 25.7 Å². The fourth-order valence-electron chi connectivity index (χ4n) is 4.06. The van der Waals surface area contributed by atoms with Crippen LogP contribution in [-0.4, -0.2) is 33.5 Å². The molecule has 0 spiro atoms. The Hall–Kier alpha value is -0.870. The first-order valence-electron chi connectivity index (χ1n) is 10.8. The third kappa shape index (κ3) is 10.3. The molecule has 0 heterocycles. The molecule has 26 heavy (non-hydrogen) atoms. The van der Waals surface area contributed by atoms with Crippen LogP contribution in [0, 0.1) is 11.8 Å². The van der Waals surface area contributed by atoms with E-state index in [0.29, 0.717) is 11.8 Å². The zero-order valence-electron chi connectivity index (χ0n) is 16.6. The summed E-state index contributed by atoms with van der Waals surface area (Å²) >= 11 is 0. The van der Waals surface area contributed by atoms with Crippen LogP contribution in [0.15, 0.2) is 12.2 Å². The Kier molecular flexibility index (Phi) is 12.7. The molecule has 1 saturated carbocycles. The fraction of sp³-hybridized carbons (Fsp3) is 0.864. The molecule has 0 saturated heterocycles. The quantitative estimate of drug-likeness (QED) is 0.278. The van der Waals surface area contributed by atoms with E-state index in [2.05, 4.69) is 13.0 Å². The Morgan fingerprint density at radius 2 is 1.73 bits per heavy atom. The molecule has 4 unspecified atom stereocenters. The second-order valence-corrected chi connectivity index (χ2v) is 7.97.